The maximum atomic E-state index is 11.4. The van der Waals surface area contributed by atoms with Gasteiger partial charge in [0.2, 0.25) is 0 Å². The van der Waals surface area contributed by atoms with Crippen LogP contribution in [0.4, 0.5) is 0 Å². The Labute approximate surface area is 78.9 Å². The van der Waals surface area contributed by atoms with E-state index >= 15 is 0 Å². The molecule has 0 N–H and O–H groups in total. The second-order valence-electron chi connectivity index (χ2n) is 2.35. The number of carbonyl (C=O) groups is 1. The number of Topliss-reactive ketones (excluding diaryl/α,β-unsaturated/α-hetero) is 1. The van der Waals surface area contributed by atoms with Gasteiger partial charge in [0.1, 0.15) is 0 Å². The second kappa shape index (κ2) is 5.29. The number of carbonyl (C=O) groups excluding carboxylic acids is 1. The maximum absolute atomic E-state index is 11.4. The van der Waals surface area contributed by atoms with Gasteiger partial charge in [0, 0.05) is 17.3 Å². The molecule has 64 valence electrons. The van der Waals surface area contributed by atoms with Gasteiger partial charge >= 0.3 is 0 Å². The first-order chi connectivity index (χ1) is 5.84. The van der Waals surface area contributed by atoms with Gasteiger partial charge in [-0.2, -0.15) is 0 Å². The standard InChI is InChI=1S/C9H10ClOP/c10-7-12-6-9(11)8-4-2-1-3-5-8/h1-5,12H,6-7H2. The minimum absolute atomic E-state index is 0.189. The summed E-state index contributed by atoms with van der Waals surface area (Å²) in [5, 5.41) is 0. The molecule has 1 aromatic carbocycles. The molecular formula is C9H10ClOP. The molecule has 1 rings (SSSR count). The number of rotatable bonds is 4. The third-order valence-corrected chi connectivity index (χ3v) is 2.80. The molecule has 0 fully saturated rings. The molecule has 1 nitrogen and oxygen atoms in total. The fourth-order valence-electron chi connectivity index (χ4n) is 0.887. The first-order valence-corrected chi connectivity index (χ1v) is 5.64. The maximum Gasteiger partial charge on any atom is 0.166 e. The van der Waals surface area contributed by atoms with E-state index in [2.05, 4.69) is 0 Å². The van der Waals surface area contributed by atoms with Gasteiger partial charge in [-0.15, -0.1) is 11.6 Å². The fourth-order valence-corrected chi connectivity index (χ4v) is 1.70. The summed E-state index contributed by atoms with van der Waals surface area (Å²) in [6, 6.07) is 9.32. The molecule has 12 heavy (non-hydrogen) atoms. The smallest absolute Gasteiger partial charge is 0.166 e. The molecule has 0 aromatic heterocycles. The molecule has 1 aromatic rings. The quantitative estimate of drug-likeness (QED) is 0.415. The van der Waals surface area contributed by atoms with Crippen LogP contribution in [0.15, 0.2) is 30.3 Å². The van der Waals surface area contributed by atoms with Gasteiger partial charge in [-0.25, -0.2) is 0 Å². The molecule has 0 heterocycles. The molecule has 1 unspecified atom stereocenters. The summed E-state index contributed by atoms with van der Waals surface area (Å²) in [4.78, 5) is 11.4. The monoisotopic (exact) mass is 200 g/mol. The van der Waals surface area contributed by atoms with Gasteiger partial charge in [0.25, 0.3) is 0 Å². The van der Waals surface area contributed by atoms with Gasteiger partial charge < -0.3 is 0 Å². The van der Waals surface area contributed by atoms with E-state index in [1.807, 2.05) is 30.3 Å². The molecule has 3 heteroatoms. The van der Waals surface area contributed by atoms with E-state index in [0.29, 0.717) is 20.4 Å². The third-order valence-electron chi connectivity index (χ3n) is 1.48. The van der Waals surface area contributed by atoms with Crippen molar-refractivity contribution in [3.05, 3.63) is 35.9 Å². The number of hydrogen-bond acceptors (Lipinski definition) is 1. The van der Waals surface area contributed by atoms with Crippen molar-refractivity contribution in [2.75, 3.05) is 11.8 Å². The Kier molecular flexibility index (Phi) is 4.27. The first kappa shape index (κ1) is 9.70. The summed E-state index contributed by atoms with van der Waals surface area (Å²) in [5.74, 6) is 0.189. The molecule has 0 aliphatic carbocycles. The van der Waals surface area contributed by atoms with Crippen LogP contribution in [0.25, 0.3) is 0 Å². The average molecular weight is 201 g/mol. The molecule has 0 amide bonds. The molecule has 0 aliphatic heterocycles. The van der Waals surface area contributed by atoms with Crippen molar-refractivity contribution in [1.29, 1.82) is 0 Å². The Morgan fingerprint density at radius 2 is 2.00 bits per heavy atom. The Hall–Kier alpha value is -0.390. The molecule has 0 bridgehead atoms. The van der Waals surface area contributed by atoms with Crippen molar-refractivity contribution in [1.82, 2.24) is 0 Å². The minimum atomic E-state index is 0.189. The summed E-state index contributed by atoms with van der Waals surface area (Å²) < 4.78 is 0. The van der Waals surface area contributed by atoms with Crippen molar-refractivity contribution in [2.24, 2.45) is 0 Å². The normalized spacial score (nSPS) is 10.8. The lowest BCUT2D eigenvalue weighted by atomic mass is 10.2. The van der Waals surface area contributed by atoms with E-state index in [1.165, 1.54) is 0 Å². The zero-order valence-electron chi connectivity index (χ0n) is 6.59. The average Bonchev–Trinajstić information content (AvgIpc) is 2.15. The van der Waals surface area contributed by atoms with E-state index in [9.17, 15) is 4.79 Å². The lowest BCUT2D eigenvalue weighted by Gasteiger charge is -1.97. The largest absolute Gasteiger partial charge is 0.294 e. The van der Waals surface area contributed by atoms with Crippen molar-refractivity contribution < 1.29 is 4.79 Å². The van der Waals surface area contributed by atoms with Crippen LogP contribution in [0.3, 0.4) is 0 Å². The molecule has 0 saturated carbocycles. The number of alkyl halides is 1. The fraction of sp³-hybridized carbons (Fsp3) is 0.222. The SMILES string of the molecule is O=C(CPCCl)c1ccccc1. The molecule has 0 spiro atoms. The van der Waals surface area contributed by atoms with E-state index < -0.39 is 0 Å². The molecule has 1 atom stereocenters. The van der Waals surface area contributed by atoms with E-state index in [4.69, 9.17) is 11.6 Å². The lowest BCUT2D eigenvalue weighted by Crippen LogP contribution is -2.00. The highest BCUT2D eigenvalue weighted by molar-refractivity contribution is 7.41. The minimum Gasteiger partial charge on any atom is -0.294 e. The van der Waals surface area contributed by atoms with E-state index in [-0.39, 0.29) is 5.78 Å². The summed E-state index contributed by atoms with van der Waals surface area (Å²) in [6.07, 6.45) is 0.577. The van der Waals surface area contributed by atoms with Crippen LogP contribution in [0.5, 0.6) is 0 Å². The Morgan fingerprint density at radius 3 is 2.58 bits per heavy atom. The Balaban J connectivity index is 2.54. The number of ketones is 1. The summed E-state index contributed by atoms with van der Waals surface area (Å²) in [5.41, 5.74) is 1.37. The predicted octanol–water partition coefficient (Wildman–Crippen LogP) is 2.74. The summed E-state index contributed by atoms with van der Waals surface area (Å²) >= 11 is 5.49. The molecule has 0 aliphatic rings. The highest BCUT2D eigenvalue weighted by atomic mass is 35.5. The van der Waals surface area contributed by atoms with Crippen LogP contribution in [-0.2, 0) is 0 Å². The van der Waals surface area contributed by atoms with Crippen LogP contribution in [0.1, 0.15) is 10.4 Å². The summed E-state index contributed by atoms with van der Waals surface area (Å²) in [7, 11) is 0.537. The number of halogens is 1. The Morgan fingerprint density at radius 1 is 1.33 bits per heavy atom. The van der Waals surface area contributed by atoms with E-state index in [0.717, 1.165) is 5.56 Å². The van der Waals surface area contributed by atoms with Crippen LogP contribution in [0.2, 0.25) is 0 Å². The van der Waals surface area contributed by atoms with Crippen LogP contribution < -0.4 is 0 Å². The highest BCUT2D eigenvalue weighted by Gasteiger charge is 2.02. The second-order valence-corrected chi connectivity index (χ2v) is 4.27. The molecule has 0 radical (unpaired) electrons. The molecular weight excluding hydrogens is 191 g/mol. The Bertz CT molecular complexity index is 248. The van der Waals surface area contributed by atoms with Gasteiger partial charge in [-0.05, 0) is 0 Å². The van der Waals surface area contributed by atoms with Gasteiger partial charge in [0.15, 0.2) is 5.78 Å². The summed E-state index contributed by atoms with van der Waals surface area (Å²) in [6.45, 7) is 0. The van der Waals surface area contributed by atoms with Gasteiger partial charge in [-0.1, -0.05) is 38.9 Å². The highest BCUT2D eigenvalue weighted by Crippen LogP contribution is 2.14. The zero-order valence-corrected chi connectivity index (χ0v) is 8.34. The van der Waals surface area contributed by atoms with Gasteiger partial charge in [-0.3, -0.25) is 4.79 Å². The van der Waals surface area contributed by atoms with Crippen molar-refractivity contribution in [2.45, 2.75) is 0 Å². The van der Waals surface area contributed by atoms with Crippen LogP contribution >= 0.6 is 20.2 Å². The first-order valence-electron chi connectivity index (χ1n) is 3.69. The van der Waals surface area contributed by atoms with E-state index in [1.54, 1.807) is 0 Å². The predicted molar refractivity (Wildman–Crippen MR) is 54.7 cm³/mol. The zero-order chi connectivity index (χ0) is 8.81. The molecule has 0 saturated heterocycles. The van der Waals surface area contributed by atoms with Crippen LogP contribution in [0, 0.1) is 0 Å². The third kappa shape index (κ3) is 2.92. The number of hydrogen-bond donors (Lipinski definition) is 0. The van der Waals surface area contributed by atoms with Crippen molar-refractivity contribution in [3.63, 3.8) is 0 Å². The van der Waals surface area contributed by atoms with Crippen LogP contribution in [-0.4, -0.2) is 17.6 Å². The van der Waals surface area contributed by atoms with Crippen molar-refractivity contribution in [3.8, 4) is 0 Å². The number of benzene rings is 1. The lowest BCUT2D eigenvalue weighted by molar-refractivity contribution is 0.102. The van der Waals surface area contributed by atoms with Crippen molar-refractivity contribution >= 4 is 26.0 Å². The topological polar surface area (TPSA) is 17.1 Å². The van der Waals surface area contributed by atoms with Gasteiger partial charge in [0.05, 0.1) is 0 Å².